The molecule has 160 valence electrons. The molecule has 2 heterocycles. The van der Waals surface area contributed by atoms with Crippen molar-refractivity contribution in [3.05, 3.63) is 42.1 Å². The molecule has 3 rings (SSSR count). The first-order valence-electron chi connectivity index (χ1n) is 10.3. The number of ether oxygens (including phenoxy) is 1. The zero-order valence-electron chi connectivity index (χ0n) is 17.4. The fourth-order valence-electron chi connectivity index (χ4n) is 3.49. The number of imidazole rings is 1. The van der Waals surface area contributed by atoms with E-state index in [1.165, 1.54) is 38.5 Å². The van der Waals surface area contributed by atoms with Gasteiger partial charge in [-0.15, -0.1) is 24.0 Å². The van der Waals surface area contributed by atoms with Crippen molar-refractivity contribution >= 4 is 29.9 Å². The molecule has 0 bridgehead atoms. The second-order valence-corrected chi connectivity index (χ2v) is 7.21. The molecule has 1 aliphatic carbocycles. The van der Waals surface area contributed by atoms with Crippen molar-refractivity contribution in [2.45, 2.75) is 58.1 Å². The molecule has 2 N–H and O–H groups in total. The van der Waals surface area contributed by atoms with Crippen molar-refractivity contribution in [3.8, 4) is 5.82 Å². The summed E-state index contributed by atoms with van der Waals surface area (Å²) < 4.78 is 7.98. The molecule has 29 heavy (non-hydrogen) atoms. The van der Waals surface area contributed by atoms with Crippen LogP contribution in [-0.4, -0.2) is 46.8 Å². The van der Waals surface area contributed by atoms with E-state index in [0.717, 1.165) is 29.7 Å². The van der Waals surface area contributed by atoms with E-state index in [0.29, 0.717) is 19.3 Å². The standard InChI is InChI=1S/C21H32N6O.HI/c1-17-23-11-13-27(17)20-10-9-18(15-25-20)16-26-21(22-2)24-12-14-28-19-7-5-3-4-6-8-19;/h9-11,13,15,19H,3-8,12,14,16H2,1-2H3,(H2,22,24,26);1H. The highest BCUT2D eigenvalue weighted by Gasteiger charge is 2.12. The Morgan fingerprint density at radius 3 is 2.59 bits per heavy atom. The van der Waals surface area contributed by atoms with E-state index in [1.807, 2.05) is 30.0 Å². The van der Waals surface area contributed by atoms with Gasteiger partial charge in [-0.25, -0.2) is 9.97 Å². The lowest BCUT2D eigenvalue weighted by molar-refractivity contribution is 0.0468. The van der Waals surface area contributed by atoms with Crippen LogP contribution in [0, 0.1) is 6.92 Å². The lowest BCUT2D eigenvalue weighted by Gasteiger charge is -2.17. The van der Waals surface area contributed by atoms with Gasteiger partial charge in [0.25, 0.3) is 0 Å². The van der Waals surface area contributed by atoms with Crippen LogP contribution in [0.3, 0.4) is 0 Å². The van der Waals surface area contributed by atoms with Gasteiger partial charge in [0.05, 0.1) is 12.7 Å². The fourth-order valence-corrected chi connectivity index (χ4v) is 3.49. The molecule has 1 aliphatic rings. The van der Waals surface area contributed by atoms with Crippen LogP contribution in [0.1, 0.15) is 49.9 Å². The van der Waals surface area contributed by atoms with Crippen molar-refractivity contribution in [3.63, 3.8) is 0 Å². The first kappa shape index (κ1) is 23.6. The van der Waals surface area contributed by atoms with Crippen LogP contribution in [-0.2, 0) is 11.3 Å². The Balaban J connectivity index is 0.00000300. The Morgan fingerprint density at radius 1 is 1.17 bits per heavy atom. The molecule has 0 atom stereocenters. The SMILES string of the molecule is CN=C(NCCOC1CCCCCC1)NCc1ccc(-n2ccnc2C)nc1.I. The van der Waals surface area contributed by atoms with Gasteiger partial charge in [0.15, 0.2) is 5.96 Å². The molecule has 2 aromatic rings. The van der Waals surface area contributed by atoms with E-state index in [4.69, 9.17) is 4.74 Å². The van der Waals surface area contributed by atoms with Crippen LogP contribution in [0.15, 0.2) is 35.7 Å². The van der Waals surface area contributed by atoms with Gasteiger partial charge < -0.3 is 15.4 Å². The number of hydrogen-bond acceptors (Lipinski definition) is 4. The molecule has 7 nitrogen and oxygen atoms in total. The summed E-state index contributed by atoms with van der Waals surface area (Å²) in [7, 11) is 1.78. The fraction of sp³-hybridized carbons (Fsp3) is 0.571. The van der Waals surface area contributed by atoms with Crippen LogP contribution < -0.4 is 10.6 Å². The van der Waals surface area contributed by atoms with Gasteiger partial charge in [0, 0.05) is 38.7 Å². The molecule has 0 radical (unpaired) electrons. The van der Waals surface area contributed by atoms with E-state index >= 15 is 0 Å². The zero-order valence-corrected chi connectivity index (χ0v) is 19.8. The maximum Gasteiger partial charge on any atom is 0.191 e. The van der Waals surface area contributed by atoms with E-state index in [-0.39, 0.29) is 24.0 Å². The predicted octanol–water partition coefficient (Wildman–Crippen LogP) is 3.60. The van der Waals surface area contributed by atoms with Gasteiger partial charge in [0.2, 0.25) is 0 Å². The summed E-state index contributed by atoms with van der Waals surface area (Å²) in [4.78, 5) is 13.0. The highest BCUT2D eigenvalue weighted by molar-refractivity contribution is 14.0. The molecule has 0 aromatic carbocycles. The summed E-state index contributed by atoms with van der Waals surface area (Å²) in [6.07, 6.45) is 13.7. The number of aliphatic imine (C=N–C) groups is 1. The van der Waals surface area contributed by atoms with Crippen molar-refractivity contribution in [2.24, 2.45) is 4.99 Å². The number of aromatic nitrogens is 3. The number of aryl methyl sites for hydroxylation is 1. The average molecular weight is 512 g/mol. The second kappa shape index (κ2) is 12.8. The first-order chi connectivity index (χ1) is 13.8. The summed E-state index contributed by atoms with van der Waals surface area (Å²) in [6, 6.07) is 4.07. The molecule has 0 spiro atoms. The molecule has 1 fully saturated rings. The maximum atomic E-state index is 6.02. The number of halogens is 1. The topological polar surface area (TPSA) is 76.4 Å². The molecule has 0 amide bonds. The molecule has 8 heteroatoms. The summed E-state index contributed by atoms with van der Waals surface area (Å²) in [5.41, 5.74) is 1.10. The van der Waals surface area contributed by atoms with Crippen LogP contribution in [0.2, 0.25) is 0 Å². The summed E-state index contributed by atoms with van der Waals surface area (Å²) >= 11 is 0. The Labute approximate surface area is 190 Å². The third kappa shape index (κ3) is 7.58. The van der Waals surface area contributed by atoms with E-state index in [9.17, 15) is 0 Å². The largest absolute Gasteiger partial charge is 0.376 e. The minimum atomic E-state index is 0. The van der Waals surface area contributed by atoms with Crippen LogP contribution >= 0.6 is 24.0 Å². The van der Waals surface area contributed by atoms with E-state index < -0.39 is 0 Å². The number of guanidine groups is 1. The van der Waals surface area contributed by atoms with Crippen molar-refractivity contribution in [2.75, 3.05) is 20.2 Å². The van der Waals surface area contributed by atoms with Gasteiger partial charge in [-0.2, -0.15) is 0 Å². The normalized spacial score (nSPS) is 15.4. The third-order valence-corrected chi connectivity index (χ3v) is 5.12. The number of hydrogen-bond donors (Lipinski definition) is 2. The maximum absolute atomic E-state index is 6.02. The molecule has 0 unspecified atom stereocenters. The monoisotopic (exact) mass is 512 g/mol. The van der Waals surface area contributed by atoms with Gasteiger partial charge in [-0.05, 0) is 31.4 Å². The molecular weight excluding hydrogens is 479 g/mol. The number of rotatable bonds is 7. The Bertz CT molecular complexity index is 738. The van der Waals surface area contributed by atoms with Crippen LogP contribution in [0.5, 0.6) is 0 Å². The number of nitrogens with zero attached hydrogens (tertiary/aromatic N) is 4. The zero-order chi connectivity index (χ0) is 19.6. The minimum absolute atomic E-state index is 0. The van der Waals surface area contributed by atoms with Gasteiger partial charge in [-0.3, -0.25) is 9.56 Å². The Morgan fingerprint density at radius 2 is 1.97 bits per heavy atom. The number of nitrogens with one attached hydrogen (secondary N) is 2. The quantitative estimate of drug-likeness (QED) is 0.195. The Kier molecular flexibility index (Phi) is 10.4. The highest BCUT2D eigenvalue weighted by Crippen LogP contribution is 2.19. The van der Waals surface area contributed by atoms with Gasteiger partial charge in [-0.1, -0.05) is 31.7 Å². The van der Waals surface area contributed by atoms with Gasteiger partial charge >= 0.3 is 0 Å². The molecular formula is C21H33IN6O. The van der Waals surface area contributed by atoms with Crippen molar-refractivity contribution in [1.82, 2.24) is 25.2 Å². The van der Waals surface area contributed by atoms with Crippen molar-refractivity contribution in [1.29, 1.82) is 0 Å². The lowest BCUT2D eigenvalue weighted by Crippen LogP contribution is -2.39. The molecule has 2 aromatic heterocycles. The van der Waals surface area contributed by atoms with Crippen LogP contribution in [0.25, 0.3) is 5.82 Å². The lowest BCUT2D eigenvalue weighted by atomic mass is 10.1. The molecule has 1 saturated carbocycles. The second-order valence-electron chi connectivity index (χ2n) is 7.21. The average Bonchev–Trinajstić information content (AvgIpc) is 2.98. The first-order valence-corrected chi connectivity index (χ1v) is 10.3. The summed E-state index contributed by atoms with van der Waals surface area (Å²) in [5.74, 6) is 2.57. The third-order valence-electron chi connectivity index (χ3n) is 5.12. The summed E-state index contributed by atoms with van der Waals surface area (Å²) in [6.45, 7) is 4.10. The van der Waals surface area contributed by atoms with E-state index in [1.54, 1.807) is 13.2 Å². The molecule has 0 aliphatic heterocycles. The number of pyridine rings is 1. The summed E-state index contributed by atoms with van der Waals surface area (Å²) in [5, 5.41) is 6.64. The molecule has 0 saturated heterocycles. The van der Waals surface area contributed by atoms with Gasteiger partial charge in [0.1, 0.15) is 11.6 Å². The van der Waals surface area contributed by atoms with E-state index in [2.05, 4.69) is 31.7 Å². The van der Waals surface area contributed by atoms with Crippen LogP contribution in [0.4, 0.5) is 0 Å². The predicted molar refractivity (Wildman–Crippen MR) is 127 cm³/mol. The Hall–Kier alpha value is -1.68. The van der Waals surface area contributed by atoms with Crippen molar-refractivity contribution < 1.29 is 4.74 Å². The minimum Gasteiger partial charge on any atom is -0.376 e. The highest BCUT2D eigenvalue weighted by atomic mass is 127. The smallest absolute Gasteiger partial charge is 0.191 e.